The second kappa shape index (κ2) is 7.37. The maximum absolute atomic E-state index is 12.8. The van der Waals surface area contributed by atoms with E-state index in [1.54, 1.807) is 18.2 Å². The molecule has 4 rings (SSSR count). The van der Waals surface area contributed by atoms with Gasteiger partial charge in [-0.05, 0) is 43.3 Å². The summed E-state index contributed by atoms with van der Waals surface area (Å²) in [7, 11) is -3.20. The highest BCUT2D eigenvalue weighted by atomic mass is 32.2. The van der Waals surface area contributed by atoms with Crippen molar-refractivity contribution in [2.75, 3.05) is 31.9 Å². The molecule has 0 N–H and O–H groups in total. The SMILES string of the molecule is CCS(=O)(=O)N1CCN(C(=O)c2ccc(-n3cnc4ccccc43)cc2)CC1. The Balaban J connectivity index is 1.48. The molecule has 1 amide bonds. The standard InChI is InChI=1S/C20H22N4O3S/c1-2-28(26,27)23-13-11-22(12-14-23)20(25)16-7-9-17(10-8-16)24-15-21-18-5-3-4-6-19(18)24/h3-10,15H,2,11-14H2,1H3. The van der Waals surface area contributed by atoms with Crippen molar-refractivity contribution in [2.24, 2.45) is 0 Å². The predicted molar refractivity (Wildman–Crippen MR) is 108 cm³/mol. The Bertz CT molecular complexity index is 1100. The van der Waals surface area contributed by atoms with E-state index in [1.165, 1.54) is 4.31 Å². The first-order valence-electron chi connectivity index (χ1n) is 9.29. The molecule has 1 fully saturated rings. The number of para-hydroxylation sites is 2. The van der Waals surface area contributed by atoms with Gasteiger partial charge in [-0.1, -0.05) is 12.1 Å². The molecule has 2 aromatic carbocycles. The Labute approximate surface area is 164 Å². The summed E-state index contributed by atoms with van der Waals surface area (Å²) in [5.74, 6) is 0.0151. The summed E-state index contributed by atoms with van der Waals surface area (Å²) in [6.45, 7) is 3.15. The van der Waals surface area contributed by atoms with Crippen molar-refractivity contribution in [1.82, 2.24) is 18.8 Å². The molecule has 28 heavy (non-hydrogen) atoms. The number of aromatic nitrogens is 2. The molecule has 1 aliphatic rings. The van der Waals surface area contributed by atoms with E-state index in [2.05, 4.69) is 4.98 Å². The highest BCUT2D eigenvalue weighted by Gasteiger charge is 2.28. The highest BCUT2D eigenvalue weighted by molar-refractivity contribution is 7.89. The van der Waals surface area contributed by atoms with E-state index in [1.807, 2.05) is 53.1 Å². The fourth-order valence-corrected chi connectivity index (χ4v) is 4.55. The number of carbonyl (C=O) groups excluding carboxylic acids is 1. The minimum atomic E-state index is -3.20. The van der Waals surface area contributed by atoms with E-state index in [0.29, 0.717) is 31.7 Å². The van der Waals surface area contributed by atoms with E-state index in [0.717, 1.165) is 16.7 Å². The van der Waals surface area contributed by atoms with Crippen molar-refractivity contribution in [1.29, 1.82) is 0 Å². The van der Waals surface area contributed by atoms with Crippen LogP contribution in [0.1, 0.15) is 17.3 Å². The number of sulfonamides is 1. The second-order valence-corrected chi connectivity index (χ2v) is 9.00. The lowest BCUT2D eigenvalue weighted by molar-refractivity contribution is 0.0698. The van der Waals surface area contributed by atoms with Gasteiger partial charge in [0.05, 0.1) is 16.8 Å². The van der Waals surface area contributed by atoms with E-state index < -0.39 is 10.0 Å². The molecule has 0 saturated carbocycles. The van der Waals surface area contributed by atoms with Gasteiger partial charge in [0.2, 0.25) is 10.0 Å². The molecule has 1 aliphatic heterocycles. The molecule has 0 unspecified atom stereocenters. The van der Waals surface area contributed by atoms with Crippen molar-refractivity contribution >= 4 is 27.0 Å². The lowest BCUT2D eigenvalue weighted by Gasteiger charge is -2.33. The molecule has 2 heterocycles. The molecule has 1 saturated heterocycles. The van der Waals surface area contributed by atoms with E-state index in [9.17, 15) is 13.2 Å². The monoisotopic (exact) mass is 398 g/mol. The number of carbonyl (C=O) groups is 1. The number of piperazine rings is 1. The van der Waals surface area contributed by atoms with Crippen LogP contribution in [0.25, 0.3) is 16.7 Å². The van der Waals surface area contributed by atoms with Gasteiger partial charge in [-0.25, -0.2) is 13.4 Å². The minimum Gasteiger partial charge on any atom is -0.336 e. The number of benzene rings is 2. The Hall–Kier alpha value is -2.71. The largest absolute Gasteiger partial charge is 0.336 e. The van der Waals surface area contributed by atoms with Gasteiger partial charge in [-0.3, -0.25) is 9.36 Å². The topological polar surface area (TPSA) is 75.5 Å². The van der Waals surface area contributed by atoms with Crippen molar-refractivity contribution in [3.8, 4) is 5.69 Å². The van der Waals surface area contributed by atoms with Gasteiger partial charge in [-0.15, -0.1) is 0 Å². The lowest BCUT2D eigenvalue weighted by atomic mass is 10.1. The molecule has 7 nitrogen and oxygen atoms in total. The molecule has 0 radical (unpaired) electrons. The van der Waals surface area contributed by atoms with Gasteiger partial charge in [0.1, 0.15) is 6.33 Å². The zero-order chi connectivity index (χ0) is 19.7. The first-order valence-corrected chi connectivity index (χ1v) is 10.9. The number of amides is 1. The van der Waals surface area contributed by atoms with E-state index in [-0.39, 0.29) is 11.7 Å². The second-order valence-electron chi connectivity index (χ2n) is 6.74. The zero-order valence-electron chi connectivity index (χ0n) is 15.7. The molecular formula is C20H22N4O3S. The first-order chi connectivity index (χ1) is 13.5. The molecule has 0 spiro atoms. The molecule has 0 aliphatic carbocycles. The molecule has 0 bridgehead atoms. The van der Waals surface area contributed by atoms with Crippen LogP contribution >= 0.6 is 0 Å². The summed E-state index contributed by atoms with van der Waals surface area (Å²) >= 11 is 0. The summed E-state index contributed by atoms with van der Waals surface area (Å²) in [4.78, 5) is 18.9. The fourth-order valence-electron chi connectivity index (χ4n) is 3.46. The third-order valence-electron chi connectivity index (χ3n) is 5.13. The Morgan fingerprint density at radius 1 is 1.00 bits per heavy atom. The van der Waals surface area contributed by atoms with Crippen LogP contribution in [-0.2, 0) is 10.0 Å². The Kier molecular flexibility index (Phi) is 4.91. The smallest absolute Gasteiger partial charge is 0.253 e. The maximum Gasteiger partial charge on any atom is 0.253 e. The van der Waals surface area contributed by atoms with Crippen LogP contribution < -0.4 is 0 Å². The minimum absolute atomic E-state index is 0.0735. The summed E-state index contributed by atoms with van der Waals surface area (Å²) in [5.41, 5.74) is 3.46. The van der Waals surface area contributed by atoms with Gasteiger partial charge in [0.15, 0.2) is 0 Å². The molecule has 146 valence electrons. The molecular weight excluding hydrogens is 376 g/mol. The first kappa shape index (κ1) is 18.6. The average Bonchev–Trinajstić information content (AvgIpc) is 3.17. The number of hydrogen-bond acceptors (Lipinski definition) is 4. The number of nitrogens with zero attached hydrogens (tertiary/aromatic N) is 4. The lowest BCUT2D eigenvalue weighted by Crippen LogP contribution is -2.50. The van der Waals surface area contributed by atoms with Crippen LogP contribution in [0.3, 0.4) is 0 Å². The highest BCUT2D eigenvalue weighted by Crippen LogP contribution is 2.19. The van der Waals surface area contributed by atoms with Crippen molar-refractivity contribution < 1.29 is 13.2 Å². The fraction of sp³-hybridized carbons (Fsp3) is 0.300. The molecule has 0 atom stereocenters. The third kappa shape index (κ3) is 3.41. The molecule has 3 aromatic rings. The van der Waals surface area contributed by atoms with Crippen LogP contribution in [0.4, 0.5) is 0 Å². The summed E-state index contributed by atoms with van der Waals surface area (Å²) in [5, 5.41) is 0. The Morgan fingerprint density at radius 2 is 1.68 bits per heavy atom. The maximum atomic E-state index is 12.8. The van der Waals surface area contributed by atoms with Crippen molar-refractivity contribution in [3.63, 3.8) is 0 Å². The van der Waals surface area contributed by atoms with Gasteiger partial charge in [0.25, 0.3) is 5.91 Å². The van der Waals surface area contributed by atoms with Crippen LogP contribution in [-0.4, -0.2) is 65.0 Å². The zero-order valence-corrected chi connectivity index (χ0v) is 16.5. The average molecular weight is 398 g/mol. The van der Waals surface area contributed by atoms with E-state index >= 15 is 0 Å². The number of rotatable bonds is 4. The van der Waals surface area contributed by atoms with Crippen molar-refractivity contribution in [3.05, 3.63) is 60.4 Å². The summed E-state index contributed by atoms with van der Waals surface area (Å²) in [6, 6.07) is 15.3. The number of imidazole rings is 1. The quantitative estimate of drug-likeness (QED) is 0.675. The van der Waals surface area contributed by atoms with E-state index in [4.69, 9.17) is 0 Å². The normalized spacial score (nSPS) is 15.8. The van der Waals surface area contributed by atoms with Crippen molar-refractivity contribution in [2.45, 2.75) is 6.92 Å². The van der Waals surface area contributed by atoms with Gasteiger partial charge in [-0.2, -0.15) is 4.31 Å². The summed E-state index contributed by atoms with van der Waals surface area (Å²) < 4.78 is 27.4. The molecule has 8 heteroatoms. The van der Waals surface area contributed by atoms with Gasteiger partial charge in [0, 0.05) is 37.4 Å². The summed E-state index contributed by atoms with van der Waals surface area (Å²) in [6.07, 6.45) is 1.77. The number of fused-ring (bicyclic) bond motifs is 1. The molecule has 1 aromatic heterocycles. The third-order valence-corrected chi connectivity index (χ3v) is 7.01. The van der Waals surface area contributed by atoms with Crippen LogP contribution in [0.2, 0.25) is 0 Å². The van der Waals surface area contributed by atoms with Crippen LogP contribution in [0.15, 0.2) is 54.9 Å². The van der Waals surface area contributed by atoms with Gasteiger partial charge >= 0.3 is 0 Å². The predicted octanol–water partition coefficient (Wildman–Crippen LogP) is 2.13. The van der Waals surface area contributed by atoms with Crippen LogP contribution in [0.5, 0.6) is 0 Å². The van der Waals surface area contributed by atoms with Crippen LogP contribution in [0, 0.1) is 0 Å². The Morgan fingerprint density at radius 3 is 2.36 bits per heavy atom. The van der Waals surface area contributed by atoms with Gasteiger partial charge < -0.3 is 4.90 Å². The number of hydrogen-bond donors (Lipinski definition) is 0.